The van der Waals surface area contributed by atoms with E-state index < -0.39 is 67.3 Å². The molecule has 7 rings (SSSR count). The quantitative estimate of drug-likeness (QED) is 0.323. The van der Waals surface area contributed by atoms with E-state index in [0.717, 1.165) is 0 Å². The largest absolute Gasteiger partial charge is 0.454 e. The van der Waals surface area contributed by atoms with Gasteiger partial charge in [-0.25, -0.2) is 0 Å². The zero-order valence-corrected chi connectivity index (χ0v) is 20.5. The summed E-state index contributed by atoms with van der Waals surface area (Å²) in [5.74, 6) is 1.33. The van der Waals surface area contributed by atoms with Gasteiger partial charge in [-0.3, -0.25) is 0 Å². The third-order valence-electron chi connectivity index (χ3n) is 8.01. The number of ether oxygens (including phenoxy) is 8. The highest BCUT2D eigenvalue weighted by Gasteiger charge is 2.67. The smallest absolute Gasteiger partial charge is 0.231 e. The minimum Gasteiger partial charge on any atom is -0.454 e. The Morgan fingerprint density at radius 3 is 2.10 bits per heavy atom. The molecule has 0 radical (unpaired) electrons. The third-order valence-corrected chi connectivity index (χ3v) is 8.01. The molecule has 3 fully saturated rings. The molecule has 10 atom stereocenters. The van der Waals surface area contributed by atoms with Crippen LogP contribution in [0.4, 0.5) is 0 Å². The lowest BCUT2D eigenvalue weighted by atomic mass is 9.79. The number of aliphatic hydroxyl groups excluding tert-OH is 5. The minimum absolute atomic E-state index is 0.0668. The normalized spacial score (nSPS) is 40.2. The first-order chi connectivity index (χ1) is 18.9. The maximum absolute atomic E-state index is 11.3. The molecule has 13 heteroatoms. The zero-order chi connectivity index (χ0) is 26.9. The Morgan fingerprint density at radius 1 is 0.769 bits per heavy atom. The van der Waals surface area contributed by atoms with Crippen LogP contribution in [0, 0.1) is 5.92 Å². The molecule has 5 aliphatic rings. The zero-order valence-electron chi connectivity index (χ0n) is 20.5. The van der Waals surface area contributed by atoms with E-state index in [1.165, 1.54) is 0 Å². The summed E-state index contributed by atoms with van der Waals surface area (Å²) >= 11 is 0. The van der Waals surface area contributed by atoms with Crippen molar-refractivity contribution in [1.82, 2.24) is 0 Å². The molecule has 0 unspecified atom stereocenters. The Kier molecular flexibility index (Phi) is 6.11. The first-order valence-corrected chi connectivity index (χ1v) is 12.6. The van der Waals surface area contributed by atoms with E-state index in [4.69, 9.17) is 37.9 Å². The van der Waals surface area contributed by atoms with Crippen LogP contribution in [0.2, 0.25) is 0 Å². The van der Waals surface area contributed by atoms with Gasteiger partial charge in [0.2, 0.25) is 13.6 Å². The van der Waals surface area contributed by atoms with Gasteiger partial charge in [-0.2, -0.15) is 0 Å². The molecule has 0 aliphatic carbocycles. The summed E-state index contributed by atoms with van der Waals surface area (Å²) in [4.78, 5) is 0. The Morgan fingerprint density at radius 2 is 1.41 bits per heavy atom. The first kappa shape index (κ1) is 25.3. The van der Waals surface area contributed by atoms with Crippen LogP contribution in [0.15, 0.2) is 36.4 Å². The van der Waals surface area contributed by atoms with Gasteiger partial charge in [-0.05, 0) is 35.4 Å². The fraction of sp³-hybridized carbons (Fsp3) is 0.538. The van der Waals surface area contributed by atoms with Crippen LogP contribution in [0.5, 0.6) is 23.0 Å². The lowest BCUT2D eigenvalue weighted by molar-refractivity contribution is -0.334. The monoisotopic (exact) mass is 548 g/mol. The summed E-state index contributed by atoms with van der Waals surface area (Å²) in [6, 6.07) is 10.5. The summed E-state index contributed by atoms with van der Waals surface area (Å²) in [6.07, 6.45) is -10.6. The van der Waals surface area contributed by atoms with Crippen LogP contribution in [-0.2, 0) is 18.9 Å². The highest BCUT2D eigenvalue weighted by molar-refractivity contribution is 5.47. The topological polar surface area (TPSA) is 175 Å². The van der Waals surface area contributed by atoms with Crippen LogP contribution < -0.4 is 18.9 Å². The van der Waals surface area contributed by atoms with Crippen LogP contribution in [0.1, 0.15) is 23.3 Å². The maximum atomic E-state index is 11.3. The maximum Gasteiger partial charge on any atom is 0.231 e. The van der Waals surface area contributed by atoms with Gasteiger partial charge in [-0.1, -0.05) is 12.1 Å². The number of benzene rings is 2. The molecule has 2 aromatic rings. The van der Waals surface area contributed by atoms with Crippen molar-refractivity contribution < 1.29 is 63.4 Å². The molecule has 5 heterocycles. The van der Waals surface area contributed by atoms with E-state index in [2.05, 4.69) is 0 Å². The standard InChI is InChI=1S/C26H28O13/c27-7-17-19(28)20(29)21(30)25(37-17)39-26-8-32-22(11-1-3-13-15(5-11)35-9-33-13)18(26)24(31)38-23(26)12-2-4-14-16(6-12)36-10-34-14/h1-6,17-25,27-31H,7-10H2/t17-,18-,19-,20+,21-,22+,23-,24-,25+,26+/m1/s1. The van der Waals surface area contributed by atoms with Crippen molar-refractivity contribution in [1.29, 1.82) is 0 Å². The summed E-state index contributed by atoms with van der Waals surface area (Å²) in [5.41, 5.74) is -0.181. The SMILES string of the molecule is OC[C@H]1O[C@@H](O[C@@]23CO[C@@H](c4ccc5c(c4)OCO5)[C@@H]2[C@H](O)O[C@@H]3c2ccc3c(c2)OCO3)[C@H](O)[C@@H](O)[C@@H]1O. The molecule has 0 amide bonds. The van der Waals surface area contributed by atoms with Crippen LogP contribution in [0.25, 0.3) is 0 Å². The molecule has 0 aromatic heterocycles. The molecule has 39 heavy (non-hydrogen) atoms. The second-order valence-electron chi connectivity index (χ2n) is 10.2. The number of fused-ring (bicyclic) bond motifs is 3. The lowest BCUT2D eigenvalue weighted by Gasteiger charge is -2.44. The van der Waals surface area contributed by atoms with Crippen LogP contribution in [0.3, 0.4) is 0 Å². The van der Waals surface area contributed by atoms with Crippen LogP contribution in [-0.4, -0.2) is 94.9 Å². The molecule has 210 valence electrons. The fourth-order valence-electron chi connectivity index (χ4n) is 6.04. The summed E-state index contributed by atoms with van der Waals surface area (Å²) in [7, 11) is 0. The highest BCUT2D eigenvalue weighted by atomic mass is 16.7. The van der Waals surface area contributed by atoms with Gasteiger partial charge >= 0.3 is 0 Å². The molecule has 5 N–H and O–H groups in total. The molecule has 0 bridgehead atoms. The van der Waals surface area contributed by atoms with Crippen molar-refractivity contribution in [2.45, 2.75) is 54.8 Å². The molecule has 2 aromatic carbocycles. The second-order valence-corrected chi connectivity index (χ2v) is 10.2. The van der Waals surface area contributed by atoms with E-state index in [1.54, 1.807) is 36.4 Å². The van der Waals surface area contributed by atoms with Crippen molar-refractivity contribution in [2.24, 2.45) is 5.92 Å². The van der Waals surface area contributed by atoms with Crippen LogP contribution >= 0.6 is 0 Å². The predicted molar refractivity (Wildman–Crippen MR) is 125 cm³/mol. The predicted octanol–water partition coefficient (Wildman–Crippen LogP) is -0.523. The van der Waals surface area contributed by atoms with E-state index in [1.807, 2.05) is 0 Å². The van der Waals surface area contributed by atoms with Crippen molar-refractivity contribution >= 4 is 0 Å². The van der Waals surface area contributed by atoms with Gasteiger partial charge in [0.15, 0.2) is 35.6 Å². The first-order valence-electron chi connectivity index (χ1n) is 12.6. The summed E-state index contributed by atoms with van der Waals surface area (Å²) in [6.45, 7) is -0.558. The van der Waals surface area contributed by atoms with E-state index in [-0.39, 0.29) is 20.2 Å². The fourth-order valence-corrected chi connectivity index (χ4v) is 6.04. The number of hydrogen-bond donors (Lipinski definition) is 5. The number of rotatable bonds is 5. The van der Waals surface area contributed by atoms with Gasteiger partial charge in [0, 0.05) is 0 Å². The second kappa shape index (κ2) is 9.44. The summed E-state index contributed by atoms with van der Waals surface area (Å²) < 4.78 is 46.4. The Hall–Kier alpha value is -2.72. The number of aliphatic hydroxyl groups is 5. The average molecular weight is 548 g/mol. The lowest BCUT2D eigenvalue weighted by Crippen LogP contribution is -2.61. The van der Waals surface area contributed by atoms with Gasteiger partial charge in [-0.15, -0.1) is 0 Å². The summed E-state index contributed by atoms with van der Waals surface area (Å²) in [5, 5.41) is 52.4. The number of hydrogen-bond acceptors (Lipinski definition) is 13. The van der Waals surface area contributed by atoms with Crippen molar-refractivity contribution in [3.05, 3.63) is 47.5 Å². The third kappa shape index (κ3) is 3.89. The average Bonchev–Trinajstić information content (AvgIpc) is 3.72. The van der Waals surface area contributed by atoms with E-state index >= 15 is 0 Å². The molecule has 5 aliphatic heterocycles. The van der Waals surface area contributed by atoms with Crippen molar-refractivity contribution in [2.75, 3.05) is 26.8 Å². The van der Waals surface area contributed by atoms with E-state index in [0.29, 0.717) is 34.1 Å². The van der Waals surface area contributed by atoms with Crippen molar-refractivity contribution in [3.63, 3.8) is 0 Å². The highest BCUT2D eigenvalue weighted by Crippen LogP contribution is 2.59. The van der Waals surface area contributed by atoms with E-state index in [9.17, 15) is 25.5 Å². The Bertz CT molecular complexity index is 1240. The molecular weight excluding hydrogens is 520 g/mol. The van der Waals surface area contributed by atoms with Gasteiger partial charge in [0.05, 0.1) is 25.2 Å². The minimum atomic E-state index is -1.67. The Balaban J connectivity index is 1.28. The molecule has 13 nitrogen and oxygen atoms in total. The van der Waals surface area contributed by atoms with Gasteiger partial charge in [0.25, 0.3) is 0 Å². The molecule has 0 saturated carbocycles. The molecule has 0 spiro atoms. The molecule has 3 saturated heterocycles. The molecular formula is C26H28O13. The van der Waals surface area contributed by atoms with Gasteiger partial charge < -0.3 is 63.4 Å². The van der Waals surface area contributed by atoms with Gasteiger partial charge in [0.1, 0.15) is 36.1 Å². The Labute approximate surface area is 221 Å². The van der Waals surface area contributed by atoms with Crippen molar-refractivity contribution in [3.8, 4) is 23.0 Å².